The second-order valence-corrected chi connectivity index (χ2v) is 9.42. The number of benzene rings is 1. The van der Waals surface area contributed by atoms with Gasteiger partial charge < -0.3 is 20.4 Å². The standard InChI is InChI=1S/C23H30BrN3O3/c1-14(28)30-20-11-12-27(23(29)21(25)15-7-3-2-4-8-15)19(20)13-17-16-9-5-6-10-18(16)26-22(17)24/h5-6,9-10,15,19-21,26H,2-4,7-8,11-13,25H2,1H3/t19-,20-,21?/m1/s1. The molecule has 3 N–H and O–H groups in total. The average Bonchev–Trinajstić information content (AvgIpc) is 3.28. The van der Waals surface area contributed by atoms with E-state index in [2.05, 4.69) is 27.0 Å². The number of fused-ring (bicyclic) bond motifs is 1. The number of ether oxygens (including phenoxy) is 1. The van der Waals surface area contributed by atoms with Gasteiger partial charge in [0.25, 0.3) is 0 Å². The van der Waals surface area contributed by atoms with E-state index in [1.807, 2.05) is 23.1 Å². The number of carbonyl (C=O) groups excluding carboxylic acids is 2. The summed E-state index contributed by atoms with van der Waals surface area (Å²) in [6, 6.07) is 7.41. The zero-order valence-corrected chi connectivity index (χ0v) is 19.0. The Balaban J connectivity index is 1.60. The van der Waals surface area contributed by atoms with Gasteiger partial charge in [-0.25, -0.2) is 0 Å². The molecule has 0 radical (unpaired) electrons. The third-order valence-corrected chi connectivity index (χ3v) is 7.38. The van der Waals surface area contributed by atoms with E-state index in [9.17, 15) is 9.59 Å². The molecule has 1 unspecified atom stereocenters. The fourth-order valence-corrected chi connectivity index (χ4v) is 5.74. The number of para-hydroxylation sites is 1. The SMILES string of the molecule is CC(=O)O[C@@H]1CCN(C(=O)C(N)C2CCCCC2)[C@@H]1Cc1c(Br)[nH]c2ccccc12. The molecular weight excluding hydrogens is 446 g/mol. The Labute approximate surface area is 185 Å². The maximum absolute atomic E-state index is 13.4. The van der Waals surface area contributed by atoms with Crippen molar-refractivity contribution in [3.05, 3.63) is 34.4 Å². The summed E-state index contributed by atoms with van der Waals surface area (Å²) >= 11 is 3.64. The number of rotatable bonds is 5. The van der Waals surface area contributed by atoms with Crippen LogP contribution in [0.3, 0.4) is 0 Å². The van der Waals surface area contributed by atoms with Gasteiger partial charge in [-0.1, -0.05) is 37.5 Å². The van der Waals surface area contributed by atoms with Gasteiger partial charge in [-0.3, -0.25) is 9.59 Å². The van der Waals surface area contributed by atoms with Crippen LogP contribution in [-0.2, 0) is 20.7 Å². The fraction of sp³-hybridized carbons (Fsp3) is 0.565. The molecule has 1 aromatic heterocycles. The predicted octanol–water partition coefficient (Wildman–Crippen LogP) is 3.91. The second kappa shape index (κ2) is 9.10. The van der Waals surface area contributed by atoms with Crippen molar-refractivity contribution in [3.63, 3.8) is 0 Å². The van der Waals surface area contributed by atoms with Gasteiger partial charge in [0.05, 0.1) is 16.7 Å². The molecule has 2 aromatic rings. The molecule has 2 aliphatic rings. The number of halogens is 1. The molecule has 1 aliphatic heterocycles. The first-order valence-corrected chi connectivity index (χ1v) is 11.7. The summed E-state index contributed by atoms with van der Waals surface area (Å²) in [6.07, 6.45) is 6.50. The predicted molar refractivity (Wildman–Crippen MR) is 120 cm³/mol. The molecule has 0 bridgehead atoms. The first-order chi connectivity index (χ1) is 14.5. The van der Waals surface area contributed by atoms with Crippen molar-refractivity contribution >= 4 is 38.7 Å². The Morgan fingerprint density at radius 1 is 1.23 bits per heavy atom. The Kier molecular flexibility index (Phi) is 6.48. The molecule has 7 heteroatoms. The van der Waals surface area contributed by atoms with E-state index < -0.39 is 6.04 Å². The highest BCUT2D eigenvalue weighted by molar-refractivity contribution is 9.10. The highest BCUT2D eigenvalue weighted by atomic mass is 79.9. The van der Waals surface area contributed by atoms with Crippen LogP contribution >= 0.6 is 15.9 Å². The summed E-state index contributed by atoms with van der Waals surface area (Å²) < 4.78 is 6.53. The number of nitrogens with one attached hydrogen (secondary N) is 1. The van der Waals surface area contributed by atoms with E-state index in [0.717, 1.165) is 46.8 Å². The van der Waals surface area contributed by atoms with Crippen LogP contribution in [0.4, 0.5) is 0 Å². The minimum Gasteiger partial charge on any atom is -0.460 e. The lowest BCUT2D eigenvalue weighted by atomic mass is 9.83. The van der Waals surface area contributed by atoms with Gasteiger partial charge >= 0.3 is 5.97 Å². The van der Waals surface area contributed by atoms with E-state index in [0.29, 0.717) is 19.4 Å². The quantitative estimate of drug-likeness (QED) is 0.641. The largest absolute Gasteiger partial charge is 0.460 e. The zero-order chi connectivity index (χ0) is 21.3. The number of esters is 1. The lowest BCUT2D eigenvalue weighted by Gasteiger charge is -2.33. The van der Waals surface area contributed by atoms with Gasteiger partial charge in [-0.05, 0) is 52.7 Å². The number of hydrogen-bond donors (Lipinski definition) is 2. The van der Waals surface area contributed by atoms with Gasteiger partial charge in [0.1, 0.15) is 6.10 Å². The molecule has 162 valence electrons. The van der Waals surface area contributed by atoms with Gasteiger partial charge in [-0.2, -0.15) is 0 Å². The third kappa shape index (κ3) is 4.28. The maximum atomic E-state index is 13.4. The molecule has 4 rings (SSSR count). The van der Waals surface area contributed by atoms with Crippen LogP contribution in [0, 0.1) is 5.92 Å². The van der Waals surface area contributed by atoms with E-state index in [4.69, 9.17) is 10.5 Å². The summed E-state index contributed by atoms with van der Waals surface area (Å²) in [5, 5.41) is 1.11. The number of amides is 1. The number of nitrogens with zero attached hydrogens (tertiary/aromatic N) is 1. The highest BCUT2D eigenvalue weighted by Crippen LogP contribution is 2.34. The molecule has 0 spiro atoms. The Bertz CT molecular complexity index is 922. The van der Waals surface area contributed by atoms with Crippen molar-refractivity contribution in [2.75, 3.05) is 6.54 Å². The summed E-state index contributed by atoms with van der Waals surface area (Å²) in [5.74, 6) is -0.0640. The van der Waals surface area contributed by atoms with Crippen LogP contribution in [0.1, 0.15) is 51.0 Å². The summed E-state index contributed by atoms with van der Waals surface area (Å²) in [4.78, 5) is 30.4. The highest BCUT2D eigenvalue weighted by Gasteiger charge is 2.42. The minimum absolute atomic E-state index is 0.00230. The molecule has 1 aromatic carbocycles. The summed E-state index contributed by atoms with van der Waals surface area (Å²) in [6.45, 7) is 2.00. The van der Waals surface area contributed by atoms with Gasteiger partial charge in [0.15, 0.2) is 0 Å². The average molecular weight is 476 g/mol. The van der Waals surface area contributed by atoms with Gasteiger partial charge in [0.2, 0.25) is 5.91 Å². The summed E-state index contributed by atoms with van der Waals surface area (Å²) in [5.41, 5.74) is 8.60. The molecule has 2 heterocycles. The Morgan fingerprint density at radius 2 is 1.97 bits per heavy atom. The normalized spacial score (nSPS) is 23.6. The van der Waals surface area contributed by atoms with Crippen LogP contribution in [0.5, 0.6) is 0 Å². The third-order valence-electron chi connectivity index (χ3n) is 6.70. The van der Waals surface area contributed by atoms with Crippen LogP contribution in [-0.4, -0.2) is 46.5 Å². The molecule has 30 heavy (non-hydrogen) atoms. The van der Waals surface area contributed by atoms with Gasteiger partial charge in [-0.15, -0.1) is 0 Å². The molecular formula is C23H30BrN3O3. The molecule has 1 aliphatic carbocycles. The first-order valence-electron chi connectivity index (χ1n) is 10.9. The number of aromatic amines is 1. The number of carbonyl (C=O) groups is 2. The number of hydrogen-bond acceptors (Lipinski definition) is 4. The molecule has 1 saturated carbocycles. The first kappa shape index (κ1) is 21.4. The number of nitrogens with two attached hydrogens (primary N) is 1. The van der Waals surface area contributed by atoms with Crippen LogP contribution in [0.25, 0.3) is 10.9 Å². The zero-order valence-electron chi connectivity index (χ0n) is 17.4. The van der Waals surface area contributed by atoms with Crippen LogP contribution < -0.4 is 5.73 Å². The minimum atomic E-state index is -0.477. The summed E-state index contributed by atoms with van der Waals surface area (Å²) in [7, 11) is 0. The molecule has 1 amide bonds. The molecule has 2 fully saturated rings. The molecule has 6 nitrogen and oxygen atoms in total. The molecule has 3 atom stereocenters. The van der Waals surface area contributed by atoms with E-state index in [1.165, 1.54) is 13.3 Å². The second-order valence-electron chi connectivity index (χ2n) is 8.63. The monoisotopic (exact) mass is 475 g/mol. The Hall–Kier alpha value is -1.86. The van der Waals surface area contributed by atoms with Crippen molar-refractivity contribution in [2.24, 2.45) is 11.7 Å². The lowest BCUT2D eigenvalue weighted by Crippen LogP contribution is -2.52. The van der Waals surface area contributed by atoms with Crippen molar-refractivity contribution in [2.45, 2.75) is 70.1 Å². The van der Waals surface area contributed by atoms with Crippen molar-refractivity contribution in [3.8, 4) is 0 Å². The number of aromatic nitrogens is 1. The molecule has 1 saturated heterocycles. The van der Waals surface area contributed by atoms with Crippen molar-refractivity contribution in [1.29, 1.82) is 0 Å². The van der Waals surface area contributed by atoms with E-state index in [1.54, 1.807) is 0 Å². The van der Waals surface area contributed by atoms with Crippen LogP contribution in [0.2, 0.25) is 0 Å². The number of H-pyrrole nitrogens is 1. The smallest absolute Gasteiger partial charge is 0.302 e. The maximum Gasteiger partial charge on any atom is 0.302 e. The van der Waals surface area contributed by atoms with Crippen LogP contribution in [0.15, 0.2) is 28.9 Å². The number of likely N-dealkylation sites (tertiary alicyclic amines) is 1. The van der Waals surface area contributed by atoms with E-state index in [-0.39, 0.29) is 29.9 Å². The van der Waals surface area contributed by atoms with Crippen molar-refractivity contribution in [1.82, 2.24) is 9.88 Å². The topological polar surface area (TPSA) is 88.4 Å². The Morgan fingerprint density at radius 3 is 2.70 bits per heavy atom. The van der Waals surface area contributed by atoms with E-state index >= 15 is 0 Å². The fourth-order valence-electron chi connectivity index (χ4n) is 5.15. The van der Waals surface area contributed by atoms with Gasteiger partial charge in [0, 0.05) is 30.8 Å². The van der Waals surface area contributed by atoms with Crippen molar-refractivity contribution < 1.29 is 14.3 Å². The lowest BCUT2D eigenvalue weighted by molar-refractivity contribution is -0.149.